The van der Waals surface area contributed by atoms with E-state index in [9.17, 15) is 9.00 Å². The summed E-state index contributed by atoms with van der Waals surface area (Å²) >= 11 is 0. The molecule has 0 aliphatic carbocycles. The van der Waals surface area contributed by atoms with Crippen molar-refractivity contribution < 1.29 is 18.5 Å². The molecular formula is C13H23NO4S. The minimum Gasteiger partial charge on any atom is -0.338 e. The normalized spacial score (nSPS) is 28.7. The van der Waals surface area contributed by atoms with Gasteiger partial charge < -0.3 is 9.47 Å². The predicted molar refractivity (Wildman–Crippen MR) is 75.5 cm³/mol. The molecule has 0 amide bonds. The van der Waals surface area contributed by atoms with Gasteiger partial charge in [-0.1, -0.05) is 6.92 Å². The van der Waals surface area contributed by atoms with Crippen molar-refractivity contribution in [1.82, 2.24) is 0 Å². The Hall–Kier alpha value is -0.590. The van der Waals surface area contributed by atoms with Gasteiger partial charge in [0.15, 0.2) is 17.7 Å². The summed E-state index contributed by atoms with van der Waals surface area (Å²) in [5.41, 5.74) is 0. The molecule has 0 spiro atoms. The second-order valence-corrected chi connectivity index (χ2v) is 7.89. The van der Waals surface area contributed by atoms with Crippen molar-refractivity contribution in [3.05, 3.63) is 0 Å². The average molecular weight is 289 g/mol. The summed E-state index contributed by atoms with van der Waals surface area (Å²) < 4.78 is 26.6. The lowest BCUT2D eigenvalue weighted by Crippen LogP contribution is -2.32. The molecule has 0 aromatic carbocycles. The standard InChI is InChI=1S/C13H23NO4S/c1-7-9(15)11-10(17-13(5,6)18-11)8-14-19(16)12(2,3)4/h8,10-11H,7H2,1-6H3/b14-8+/t10-,11+,19+/m1/s1. The summed E-state index contributed by atoms with van der Waals surface area (Å²) in [6, 6.07) is 0. The van der Waals surface area contributed by atoms with E-state index in [0.717, 1.165) is 0 Å². The summed E-state index contributed by atoms with van der Waals surface area (Å²) in [4.78, 5) is 11.8. The molecule has 0 unspecified atom stereocenters. The first kappa shape index (κ1) is 16.5. The third-order valence-corrected chi connectivity index (χ3v) is 3.98. The smallest absolute Gasteiger partial charge is 0.164 e. The molecule has 0 bridgehead atoms. The molecule has 1 fully saturated rings. The van der Waals surface area contributed by atoms with Crippen LogP contribution >= 0.6 is 0 Å². The molecule has 0 aromatic heterocycles. The van der Waals surface area contributed by atoms with Crippen LogP contribution in [0, 0.1) is 0 Å². The van der Waals surface area contributed by atoms with Crippen molar-refractivity contribution in [3.63, 3.8) is 0 Å². The van der Waals surface area contributed by atoms with E-state index in [-0.39, 0.29) is 5.78 Å². The van der Waals surface area contributed by atoms with Gasteiger partial charge in [0.05, 0.1) is 4.75 Å². The SMILES string of the molecule is CCC(=O)[C@@H]1OC(C)(C)O[C@@H]1/C=N/[S@@](=O)C(C)(C)C. The number of nitrogens with zero attached hydrogens (tertiary/aromatic N) is 1. The zero-order valence-electron chi connectivity index (χ0n) is 12.4. The molecule has 0 saturated carbocycles. The molecule has 1 rings (SSSR count). The van der Waals surface area contributed by atoms with Crippen LogP contribution in [0.4, 0.5) is 0 Å². The molecule has 110 valence electrons. The van der Waals surface area contributed by atoms with Gasteiger partial charge in [-0.15, -0.1) is 0 Å². The first-order chi connectivity index (χ1) is 8.57. The Labute approximate surface area is 117 Å². The minimum atomic E-state index is -1.37. The van der Waals surface area contributed by atoms with Crippen LogP contribution < -0.4 is 0 Å². The molecule has 1 heterocycles. The fourth-order valence-electron chi connectivity index (χ4n) is 1.62. The molecule has 6 heteroatoms. The fourth-order valence-corrected chi connectivity index (χ4v) is 2.17. The van der Waals surface area contributed by atoms with Crippen molar-refractivity contribution in [2.24, 2.45) is 4.40 Å². The monoisotopic (exact) mass is 289 g/mol. The van der Waals surface area contributed by atoms with Crippen LogP contribution in [-0.2, 0) is 25.3 Å². The first-order valence-corrected chi connectivity index (χ1v) is 7.52. The summed E-state index contributed by atoms with van der Waals surface area (Å²) in [6.07, 6.45) is 0.569. The van der Waals surface area contributed by atoms with Crippen molar-refractivity contribution in [1.29, 1.82) is 0 Å². The predicted octanol–water partition coefficient (Wildman–Crippen LogP) is 2.02. The van der Waals surface area contributed by atoms with E-state index >= 15 is 0 Å². The van der Waals surface area contributed by atoms with Crippen molar-refractivity contribution in [3.8, 4) is 0 Å². The molecule has 19 heavy (non-hydrogen) atoms. The number of carbonyl (C=O) groups excluding carboxylic acids is 1. The van der Waals surface area contributed by atoms with Crippen LogP contribution in [0.3, 0.4) is 0 Å². The van der Waals surface area contributed by atoms with Gasteiger partial charge in [0.1, 0.15) is 17.1 Å². The number of ether oxygens (including phenoxy) is 2. The minimum absolute atomic E-state index is 0.0384. The maximum atomic E-state index is 11.9. The summed E-state index contributed by atoms with van der Waals surface area (Å²) in [7, 11) is -1.37. The Morgan fingerprint density at radius 2 is 1.95 bits per heavy atom. The molecule has 0 aromatic rings. The maximum absolute atomic E-state index is 11.9. The second-order valence-electron chi connectivity index (χ2n) is 5.96. The van der Waals surface area contributed by atoms with Gasteiger partial charge in [-0.05, 0) is 34.6 Å². The van der Waals surface area contributed by atoms with Gasteiger partial charge in [0.2, 0.25) is 0 Å². The molecule has 0 radical (unpaired) electrons. The highest BCUT2D eigenvalue weighted by molar-refractivity contribution is 7.85. The number of carbonyl (C=O) groups is 1. The van der Waals surface area contributed by atoms with E-state index in [0.29, 0.717) is 6.42 Å². The molecule has 5 nitrogen and oxygen atoms in total. The van der Waals surface area contributed by atoms with Gasteiger partial charge in [-0.2, -0.15) is 4.40 Å². The number of hydrogen-bond donors (Lipinski definition) is 0. The zero-order valence-corrected chi connectivity index (χ0v) is 13.2. The van der Waals surface area contributed by atoms with Crippen LogP contribution in [0.1, 0.15) is 48.0 Å². The van der Waals surface area contributed by atoms with E-state index < -0.39 is 33.7 Å². The molecule has 1 saturated heterocycles. The van der Waals surface area contributed by atoms with E-state index in [4.69, 9.17) is 9.47 Å². The lowest BCUT2D eigenvalue weighted by molar-refractivity contribution is -0.152. The number of ketones is 1. The summed E-state index contributed by atoms with van der Waals surface area (Å²) in [5, 5.41) is 0. The number of Topliss-reactive ketones (excluding diaryl/α,β-unsaturated/α-hetero) is 1. The van der Waals surface area contributed by atoms with E-state index in [1.165, 1.54) is 6.21 Å². The molecule has 1 aliphatic rings. The number of rotatable bonds is 4. The lowest BCUT2D eigenvalue weighted by atomic mass is 10.1. The third kappa shape index (κ3) is 4.47. The van der Waals surface area contributed by atoms with Crippen LogP contribution in [-0.4, -0.2) is 38.9 Å². The first-order valence-electron chi connectivity index (χ1n) is 6.41. The van der Waals surface area contributed by atoms with Gasteiger partial charge in [-0.3, -0.25) is 4.79 Å². The van der Waals surface area contributed by atoms with Gasteiger partial charge in [0.25, 0.3) is 0 Å². The van der Waals surface area contributed by atoms with Crippen LogP contribution in [0.2, 0.25) is 0 Å². The summed E-state index contributed by atoms with van der Waals surface area (Å²) in [6.45, 7) is 10.8. The highest BCUT2D eigenvalue weighted by Gasteiger charge is 2.43. The van der Waals surface area contributed by atoms with Crippen molar-refractivity contribution in [2.45, 2.75) is 70.7 Å². The van der Waals surface area contributed by atoms with E-state index in [1.807, 2.05) is 20.8 Å². The van der Waals surface area contributed by atoms with Crippen molar-refractivity contribution >= 4 is 23.0 Å². The van der Waals surface area contributed by atoms with Crippen LogP contribution in [0.25, 0.3) is 0 Å². The van der Waals surface area contributed by atoms with Gasteiger partial charge in [-0.25, -0.2) is 4.21 Å². The highest BCUT2D eigenvalue weighted by Crippen LogP contribution is 2.28. The Balaban J connectivity index is 2.83. The number of hydrogen-bond acceptors (Lipinski definition) is 4. The topological polar surface area (TPSA) is 65.0 Å². The fraction of sp³-hybridized carbons (Fsp3) is 0.846. The molecular weight excluding hydrogens is 266 g/mol. The Bertz CT molecular complexity index is 398. The van der Waals surface area contributed by atoms with E-state index in [2.05, 4.69) is 4.40 Å². The van der Waals surface area contributed by atoms with E-state index in [1.54, 1.807) is 20.8 Å². The van der Waals surface area contributed by atoms with Crippen LogP contribution in [0.15, 0.2) is 4.40 Å². The second kappa shape index (κ2) is 5.81. The Kier molecular flexibility index (Phi) is 5.03. The average Bonchev–Trinajstić information content (AvgIpc) is 2.59. The largest absolute Gasteiger partial charge is 0.338 e. The highest BCUT2D eigenvalue weighted by atomic mass is 32.2. The zero-order chi connectivity index (χ0) is 14.8. The third-order valence-electron chi connectivity index (χ3n) is 2.62. The van der Waals surface area contributed by atoms with Crippen LogP contribution in [0.5, 0.6) is 0 Å². The van der Waals surface area contributed by atoms with Gasteiger partial charge in [0, 0.05) is 12.6 Å². The van der Waals surface area contributed by atoms with Crippen molar-refractivity contribution in [2.75, 3.05) is 0 Å². The lowest BCUT2D eigenvalue weighted by Gasteiger charge is -2.16. The quantitative estimate of drug-likeness (QED) is 0.743. The maximum Gasteiger partial charge on any atom is 0.164 e. The summed E-state index contributed by atoms with van der Waals surface area (Å²) in [5.74, 6) is -0.862. The molecule has 1 aliphatic heterocycles. The van der Waals surface area contributed by atoms with Gasteiger partial charge >= 0.3 is 0 Å². The Morgan fingerprint density at radius 1 is 1.37 bits per heavy atom. The Morgan fingerprint density at radius 3 is 2.42 bits per heavy atom. The molecule has 3 atom stereocenters. The molecule has 0 N–H and O–H groups in total.